The molecule has 27 heavy (non-hydrogen) atoms. The van der Waals surface area contributed by atoms with Crippen molar-refractivity contribution in [3.63, 3.8) is 0 Å². The number of hydrogen-bond donors (Lipinski definition) is 0. The van der Waals surface area contributed by atoms with Gasteiger partial charge in [-0.05, 0) is 48.7 Å². The summed E-state index contributed by atoms with van der Waals surface area (Å²) >= 11 is 0. The molecule has 0 heterocycles. The fourth-order valence-electron chi connectivity index (χ4n) is 4.11. The van der Waals surface area contributed by atoms with E-state index in [0.29, 0.717) is 5.92 Å². The van der Waals surface area contributed by atoms with Crippen LogP contribution in [0.2, 0.25) is 0 Å². The summed E-state index contributed by atoms with van der Waals surface area (Å²) < 4.78 is 0. The van der Waals surface area contributed by atoms with Crippen molar-refractivity contribution in [2.24, 2.45) is 5.92 Å². The van der Waals surface area contributed by atoms with Gasteiger partial charge < -0.3 is 0 Å². The minimum Gasteiger partial charge on any atom is -0.0654 e. The molecule has 0 N–H and O–H groups in total. The Labute approximate surface area is 166 Å². The fourth-order valence-corrected chi connectivity index (χ4v) is 8.80. The molecule has 3 rings (SSSR count). The lowest BCUT2D eigenvalue weighted by Gasteiger charge is -2.30. The van der Waals surface area contributed by atoms with E-state index >= 15 is 0 Å². The summed E-state index contributed by atoms with van der Waals surface area (Å²) in [4.78, 5) is 0. The molecular formula is C26H32P+. The van der Waals surface area contributed by atoms with E-state index in [9.17, 15) is 0 Å². The van der Waals surface area contributed by atoms with Crippen molar-refractivity contribution in [2.45, 2.75) is 39.5 Å². The molecule has 0 aliphatic heterocycles. The molecule has 0 radical (unpaired) electrons. The summed E-state index contributed by atoms with van der Waals surface area (Å²) in [5.41, 5.74) is 0. The van der Waals surface area contributed by atoms with E-state index in [4.69, 9.17) is 0 Å². The lowest BCUT2D eigenvalue weighted by Crippen LogP contribution is -2.35. The van der Waals surface area contributed by atoms with E-state index < -0.39 is 7.26 Å². The maximum absolute atomic E-state index is 2.46. The zero-order chi connectivity index (χ0) is 19.0. The largest absolute Gasteiger partial charge is 0.112 e. The number of hydrogen-bond acceptors (Lipinski definition) is 0. The summed E-state index contributed by atoms with van der Waals surface area (Å²) in [6, 6.07) is 33.8. The fraction of sp³-hybridized carbons (Fsp3) is 0.308. The first-order valence-corrected chi connectivity index (χ1v) is 12.3. The Bertz CT molecular complexity index is 684. The molecule has 140 valence electrons. The van der Waals surface area contributed by atoms with Gasteiger partial charge in [0, 0.05) is 0 Å². The van der Waals surface area contributed by atoms with Crippen LogP contribution in [0.25, 0.3) is 0 Å². The van der Waals surface area contributed by atoms with Crippen molar-refractivity contribution in [1.29, 1.82) is 0 Å². The third-order valence-electron chi connectivity index (χ3n) is 5.48. The smallest absolute Gasteiger partial charge is 0.0654 e. The van der Waals surface area contributed by atoms with Crippen LogP contribution in [0.4, 0.5) is 0 Å². The van der Waals surface area contributed by atoms with Crippen molar-refractivity contribution in [2.75, 3.05) is 6.16 Å². The Balaban J connectivity index is 2.11. The Morgan fingerprint density at radius 2 is 1.04 bits per heavy atom. The minimum atomic E-state index is -1.66. The highest BCUT2D eigenvalue weighted by Crippen LogP contribution is 2.56. The van der Waals surface area contributed by atoms with Gasteiger partial charge in [-0.25, -0.2) is 0 Å². The van der Waals surface area contributed by atoms with Crippen LogP contribution in [0.1, 0.15) is 39.5 Å². The normalized spacial score (nSPS) is 12.7. The van der Waals surface area contributed by atoms with Crippen LogP contribution in [0.5, 0.6) is 0 Å². The Kier molecular flexibility index (Phi) is 7.25. The summed E-state index contributed by atoms with van der Waals surface area (Å²) in [6.07, 6.45) is 6.55. The highest BCUT2D eigenvalue weighted by atomic mass is 31.2. The topological polar surface area (TPSA) is 0 Å². The van der Waals surface area contributed by atoms with E-state index in [2.05, 4.69) is 105 Å². The van der Waals surface area contributed by atoms with Gasteiger partial charge in [0.2, 0.25) is 0 Å². The van der Waals surface area contributed by atoms with Crippen molar-refractivity contribution in [1.82, 2.24) is 0 Å². The van der Waals surface area contributed by atoms with Crippen LogP contribution in [0.3, 0.4) is 0 Å². The van der Waals surface area contributed by atoms with Gasteiger partial charge in [0.05, 0.1) is 6.16 Å². The van der Waals surface area contributed by atoms with E-state index in [0.717, 1.165) is 0 Å². The Hall–Kier alpha value is -1.91. The zero-order valence-corrected chi connectivity index (χ0v) is 17.6. The first-order valence-electron chi connectivity index (χ1n) is 10.3. The molecule has 0 amide bonds. The van der Waals surface area contributed by atoms with Gasteiger partial charge in [-0.3, -0.25) is 0 Å². The summed E-state index contributed by atoms with van der Waals surface area (Å²) in [6.45, 7) is 4.75. The van der Waals surface area contributed by atoms with Crippen molar-refractivity contribution in [3.8, 4) is 0 Å². The van der Waals surface area contributed by atoms with Gasteiger partial charge in [0.1, 0.15) is 23.2 Å². The monoisotopic (exact) mass is 375 g/mol. The number of unbranched alkanes of at least 4 members (excludes halogenated alkanes) is 2. The second-order valence-corrected chi connectivity index (χ2v) is 11.1. The maximum atomic E-state index is 2.46. The highest BCUT2D eigenvalue weighted by molar-refractivity contribution is 7.95. The van der Waals surface area contributed by atoms with Gasteiger partial charge in [0.15, 0.2) is 0 Å². The van der Waals surface area contributed by atoms with Gasteiger partial charge in [-0.15, -0.1) is 0 Å². The first-order chi connectivity index (χ1) is 13.3. The number of benzene rings is 3. The Morgan fingerprint density at radius 3 is 1.41 bits per heavy atom. The Morgan fingerprint density at radius 1 is 0.630 bits per heavy atom. The molecule has 3 aromatic rings. The lowest BCUT2D eigenvalue weighted by atomic mass is 10.1. The molecule has 0 bridgehead atoms. The van der Waals surface area contributed by atoms with Gasteiger partial charge in [0.25, 0.3) is 0 Å². The SMILES string of the molecule is CCCCCC(C)C[P+](c1ccccc1)(c1ccccc1)c1ccccc1. The van der Waals surface area contributed by atoms with Crippen molar-refractivity contribution < 1.29 is 0 Å². The van der Waals surface area contributed by atoms with Gasteiger partial charge in [-0.2, -0.15) is 0 Å². The lowest BCUT2D eigenvalue weighted by molar-refractivity contribution is 0.539. The predicted molar refractivity (Wildman–Crippen MR) is 123 cm³/mol. The van der Waals surface area contributed by atoms with Crippen molar-refractivity contribution in [3.05, 3.63) is 91.0 Å². The first kappa shape index (κ1) is 19.8. The second-order valence-electron chi connectivity index (χ2n) is 7.60. The van der Waals surface area contributed by atoms with Crippen molar-refractivity contribution >= 4 is 23.2 Å². The molecular weight excluding hydrogens is 343 g/mol. The van der Waals surface area contributed by atoms with Crippen LogP contribution < -0.4 is 15.9 Å². The van der Waals surface area contributed by atoms with Crippen LogP contribution in [0.15, 0.2) is 91.0 Å². The van der Waals surface area contributed by atoms with Gasteiger partial charge >= 0.3 is 0 Å². The minimum absolute atomic E-state index is 0.713. The summed E-state index contributed by atoms with van der Waals surface area (Å²) in [5.74, 6) is 0.713. The average molecular weight is 376 g/mol. The number of rotatable bonds is 9. The van der Waals surface area contributed by atoms with E-state index in [-0.39, 0.29) is 0 Å². The van der Waals surface area contributed by atoms with Crippen LogP contribution in [-0.4, -0.2) is 6.16 Å². The zero-order valence-electron chi connectivity index (χ0n) is 16.7. The molecule has 1 unspecified atom stereocenters. The maximum Gasteiger partial charge on any atom is 0.112 e. The molecule has 0 nitrogen and oxygen atoms in total. The molecule has 0 saturated carbocycles. The molecule has 3 aromatic carbocycles. The van der Waals surface area contributed by atoms with Gasteiger partial charge in [-0.1, -0.05) is 87.7 Å². The average Bonchev–Trinajstić information content (AvgIpc) is 2.74. The standard InChI is InChI=1S/C26H32P/c1-3-4-8-15-23(2)22-27(24-16-9-5-10-17-24,25-18-11-6-12-19-25)26-20-13-7-14-21-26/h5-7,9-14,16-21,23H,3-4,8,15,22H2,1-2H3/q+1. The summed E-state index contributed by atoms with van der Waals surface area (Å²) in [7, 11) is -1.66. The molecule has 0 spiro atoms. The predicted octanol–water partition coefficient (Wildman–Crippen LogP) is 6.20. The van der Waals surface area contributed by atoms with E-state index in [1.54, 1.807) is 0 Å². The van der Waals surface area contributed by atoms with Crippen LogP contribution >= 0.6 is 7.26 Å². The van der Waals surface area contributed by atoms with Crippen LogP contribution in [0, 0.1) is 5.92 Å². The molecule has 1 atom stereocenters. The quantitative estimate of drug-likeness (QED) is 0.309. The highest BCUT2D eigenvalue weighted by Gasteiger charge is 2.45. The third kappa shape index (κ3) is 4.69. The van der Waals surface area contributed by atoms with E-state index in [1.807, 2.05) is 0 Å². The molecule has 0 fully saturated rings. The molecule has 0 aliphatic rings. The molecule has 0 aliphatic carbocycles. The molecule has 0 aromatic heterocycles. The van der Waals surface area contributed by atoms with Crippen LogP contribution in [-0.2, 0) is 0 Å². The molecule has 0 saturated heterocycles. The second kappa shape index (κ2) is 9.86. The third-order valence-corrected chi connectivity index (χ3v) is 10.2. The van der Waals surface area contributed by atoms with E-state index in [1.165, 1.54) is 47.8 Å². The molecule has 1 heteroatoms. The summed E-state index contributed by atoms with van der Waals surface area (Å²) in [5, 5.41) is 4.51.